The van der Waals surface area contributed by atoms with Crippen molar-refractivity contribution in [3.8, 4) is 11.4 Å². The first kappa shape index (κ1) is 17.0. The van der Waals surface area contributed by atoms with E-state index in [9.17, 15) is 0 Å². The summed E-state index contributed by atoms with van der Waals surface area (Å²) >= 11 is 5.15. The summed E-state index contributed by atoms with van der Waals surface area (Å²) in [5, 5.41) is 9.69. The molecule has 0 saturated heterocycles. The van der Waals surface area contributed by atoms with Crippen molar-refractivity contribution in [2.45, 2.75) is 24.4 Å². The van der Waals surface area contributed by atoms with Gasteiger partial charge in [-0.15, -0.1) is 16.8 Å². The van der Waals surface area contributed by atoms with Crippen LogP contribution in [0.1, 0.15) is 11.1 Å². The van der Waals surface area contributed by atoms with Crippen LogP contribution in [0.3, 0.4) is 0 Å². The second kappa shape index (κ2) is 7.81. The fraction of sp³-hybridized carbons (Fsp3) is 0.158. The molecule has 1 aromatic heterocycles. The quantitative estimate of drug-likeness (QED) is 0.405. The van der Waals surface area contributed by atoms with Gasteiger partial charge >= 0.3 is 0 Å². The van der Waals surface area contributed by atoms with E-state index in [0.29, 0.717) is 6.54 Å². The largest absolute Gasteiger partial charge is 0.298 e. The number of hydrogen-bond acceptors (Lipinski definition) is 3. The van der Waals surface area contributed by atoms with Crippen LogP contribution in [-0.4, -0.2) is 14.8 Å². The van der Waals surface area contributed by atoms with Gasteiger partial charge in [0, 0.05) is 22.3 Å². The molecule has 3 nitrogen and oxygen atoms in total. The number of hydrogen-bond donors (Lipinski definition) is 0. The van der Waals surface area contributed by atoms with Gasteiger partial charge < -0.3 is 0 Å². The van der Waals surface area contributed by atoms with Gasteiger partial charge in [0.05, 0.1) is 0 Å². The fourth-order valence-electron chi connectivity index (χ4n) is 2.33. The maximum Gasteiger partial charge on any atom is 0.192 e. The van der Waals surface area contributed by atoms with Crippen LogP contribution >= 0.6 is 27.7 Å². The van der Waals surface area contributed by atoms with E-state index in [2.05, 4.69) is 92.7 Å². The molecule has 0 atom stereocenters. The fourth-order valence-corrected chi connectivity index (χ4v) is 3.50. The number of halogens is 1. The van der Waals surface area contributed by atoms with Gasteiger partial charge in [-0.3, -0.25) is 4.57 Å². The zero-order valence-electron chi connectivity index (χ0n) is 13.4. The number of thioether (sulfide) groups is 1. The molecule has 0 fully saturated rings. The molecule has 122 valence electrons. The number of aryl methyl sites for hydroxylation is 1. The van der Waals surface area contributed by atoms with Crippen LogP contribution in [0.5, 0.6) is 0 Å². The Balaban J connectivity index is 1.84. The van der Waals surface area contributed by atoms with E-state index in [-0.39, 0.29) is 0 Å². The summed E-state index contributed by atoms with van der Waals surface area (Å²) in [7, 11) is 0. The lowest BCUT2D eigenvalue weighted by Crippen LogP contribution is -2.00. The smallest absolute Gasteiger partial charge is 0.192 e. The number of benzene rings is 2. The monoisotopic (exact) mass is 399 g/mol. The van der Waals surface area contributed by atoms with Gasteiger partial charge in [0.25, 0.3) is 0 Å². The first-order valence-electron chi connectivity index (χ1n) is 7.66. The summed E-state index contributed by atoms with van der Waals surface area (Å²) in [6.07, 6.45) is 1.88. The van der Waals surface area contributed by atoms with Gasteiger partial charge in [-0.25, -0.2) is 0 Å². The second-order valence-corrected chi connectivity index (χ2v) is 7.34. The van der Waals surface area contributed by atoms with Gasteiger partial charge in [-0.1, -0.05) is 75.7 Å². The SMILES string of the molecule is C=CCn1c(SCc2ccc(Br)cc2)nnc1-c1ccc(C)cc1. The van der Waals surface area contributed by atoms with Gasteiger partial charge in [0.1, 0.15) is 0 Å². The van der Waals surface area contributed by atoms with E-state index in [1.807, 2.05) is 6.08 Å². The van der Waals surface area contributed by atoms with E-state index in [0.717, 1.165) is 26.8 Å². The zero-order chi connectivity index (χ0) is 16.9. The Morgan fingerprint density at radius 1 is 1.08 bits per heavy atom. The average Bonchev–Trinajstić information content (AvgIpc) is 2.98. The summed E-state index contributed by atoms with van der Waals surface area (Å²) in [6, 6.07) is 16.7. The summed E-state index contributed by atoms with van der Waals surface area (Å²) in [5.41, 5.74) is 3.57. The molecule has 2 aromatic carbocycles. The van der Waals surface area contributed by atoms with Crippen molar-refractivity contribution >= 4 is 27.7 Å². The number of nitrogens with zero attached hydrogens (tertiary/aromatic N) is 3. The summed E-state index contributed by atoms with van der Waals surface area (Å²) in [6.45, 7) is 6.64. The van der Waals surface area contributed by atoms with Crippen molar-refractivity contribution in [2.75, 3.05) is 0 Å². The molecule has 0 unspecified atom stereocenters. The van der Waals surface area contributed by atoms with Crippen LogP contribution in [0.25, 0.3) is 11.4 Å². The number of rotatable bonds is 6. The Morgan fingerprint density at radius 2 is 1.79 bits per heavy atom. The van der Waals surface area contributed by atoms with Crippen LogP contribution in [0, 0.1) is 6.92 Å². The molecule has 0 N–H and O–H groups in total. The standard InChI is InChI=1S/C19H18BrN3S/c1-3-12-23-18(16-8-4-14(2)5-9-16)21-22-19(23)24-13-15-6-10-17(20)11-7-15/h3-11H,1,12-13H2,2H3. The van der Waals surface area contributed by atoms with E-state index in [1.54, 1.807) is 11.8 Å². The minimum absolute atomic E-state index is 0.693. The maximum absolute atomic E-state index is 4.40. The summed E-state index contributed by atoms with van der Waals surface area (Å²) in [5.74, 6) is 1.74. The highest BCUT2D eigenvalue weighted by Gasteiger charge is 2.13. The average molecular weight is 400 g/mol. The molecule has 5 heteroatoms. The number of aromatic nitrogens is 3. The molecule has 0 saturated carbocycles. The molecule has 0 radical (unpaired) electrons. The maximum atomic E-state index is 4.40. The molecule has 24 heavy (non-hydrogen) atoms. The highest BCUT2D eigenvalue weighted by molar-refractivity contribution is 9.10. The van der Waals surface area contributed by atoms with E-state index in [4.69, 9.17) is 0 Å². The third-order valence-corrected chi connectivity index (χ3v) is 5.19. The Kier molecular flexibility index (Phi) is 5.53. The molecule has 0 aliphatic heterocycles. The lowest BCUT2D eigenvalue weighted by molar-refractivity contribution is 0.731. The predicted molar refractivity (Wildman–Crippen MR) is 104 cm³/mol. The highest BCUT2D eigenvalue weighted by atomic mass is 79.9. The van der Waals surface area contributed by atoms with Crippen molar-refractivity contribution in [2.24, 2.45) is 0 Å². The van der Waals surface area contributed by atoms with Gasteiger partial charge in [-0.05, 0) is 24.6 Å². The van der Waals surface area contributed by atoms with Gasteiger partial charge in [-0.2, -0.15) is 0 Å². The van der Waals surface area contributed by atoms with Gasteiger partial charge in [0.15, 0.2) is 11.0 Å². The molecule has 1 heterocycles. The van der Waals surface area contributed by atoms with Crippen LogP contribution in [0.15, 0.2) is 70.8 Å². The lowest BCUT2D eigenvalue weighted by Gasteiger charge is -2.08. The Morgan fingerprint density at radius 3 is 2.46 bits per heavy atom. The van der Waals surface area contributed by atoms with Gasteiger partial charge in [0.2, 0.25) is 0 Å². The van der Waals surface area contributed by atoms with Crippen LogP contribution in [-0.2, 0) is 12.3 Å². The van der Waals surface area contributed by atoms with Crippen molar-refractivity contribution in [3.05, 3.63) is 76.8 Å². The van der Waals surface area contributed by atoms with Crippen LogP contribution in [0.2, 0.25) is 0 Å². The highest BCUT2D eigenvalue weighted by Crippen LogP contribution is 2.27. The van der Waals surface area contributed by atoms with Crippen molar-refractivity contribution in [3.63, 3.8) is 0 Å². The molecule has 3 aromatic rings. The third kappa shape index (κ3) is 3.97. The summed E-state index contributed by atoms with van der Waals surface area (Å²) < 4.78 is 3.20. The Bertz CT molecular complexity index is 823. The predicted octanol–water partition coefficient (Wildman–Crippen LogP) is 5.49. The Hall–Kier alpha value is -1.85. The van der Waals surface area contributed by atoms with E-state index < -0.39 is 0 Å². The summed E-state index contributed by atoms with van der Waals surface area (Å²) in [4.78, 5) is 0. The molecule has 0 spiro atoms. The second-order valence-electron chi connectivity index (χ2n) is 5.49. The molecular weight excluding hydrogens is 382 g/mol. The Labute approximate surface area is 154 Å². The third-order valence-electron chi connectivity index (χ3n) is 3.62. The molecule has 0 aliphatic rings. The van der Waals surface area contributed by atoms with Crippen molar-refractivity contribution < 1.29 is 0 Å². The number of allylic oxidation sites excluding steroid dienone is 1. The van der Waals surface area contributed by atoms with E-state index in [1.165, 1.54) is 11.1 Å². The molecule has 0 bridgehead atoms. The van der Waals surface area contributed by atoms with E-state index >= 15 is 0 Å². The zero-order valence-corrected chi connectivity index (χ0v) is 15.8. The lowest BCUT2D eigenvalue weighted by atomic mass is 10.1. The van der Waals surface area contributed by atoms with Crippen molar-refractivity contribution in [1.29, 1.82) is 0 Å². The minimum Gasteiger partial charge on any atom is -0.298 e. The molecular formula is C19H18BrN3S. The minimum atomic E-state index is 0.693. The first-order chi connectivity index (χ1) is 11.7. The first-order valence-corrected chi connectivity index (χ1v) is 9.43. The van der Waals surface area contributed by atoms with Crippen LogP contribution < -0.4 is 0 Å². The molecule has 0 aliphatic carbocycles. The van der Waals surface area contributed by atoms with Crippen LogP contribution in [0.4, 0.5) is 0 Å². The molecule has 3 rings (SSSR count). The molecule has 0 amide bonds. The van der Waals surface area contributed by atoms with Crippen molar-refractivity contribution in [1.82, 2.24) is 14.8 Å². The topological polar surface area (TPSA) is 30.7 Å². The normalized spacial score (nSPS) is 10.8.